The van der Waals surface area contributed by atoms with Crippen LogP contribution in [0.15, 0.2) is 91.0 Å². The van der Waals surface area contributed by atoms with Crippen LogP contribution in [0.25, 0.3) is 27.8 Å². The molecule has 0 aliphatic heterocycles. The summed E-state index contributed by atoms with van der Waals surface area (Å²) < 4.78 is 26.5. The molecule has 0 aliphatic carbocycles. The van der Waals surface area contributed by atoms with Gasteiger partial charge in [-0.3, -0.25) is 4.79 Å². The second-order valence-electron chi connectivity index (χ2n) is 8.25. The Morgan fingerprint density at radius 3 is 2.51 bits per heavy atom. The highest BCUT2D eigenvalue weighted by molar-refractivity contribution is 6.06. The summed E-state index contributed by atoms with van der Waals surface area (Å²) >= 11 is 0. The second kappa shape index (κ2) is 11.0. The average molecular weight is 497 g/mol. The number of rotatable bonds is 9. The van der Waals surface area contributed by atoms with Crippen molar-refractivity contribution in [2.45, 2.75) is 6.92 Å². The molecule has 1 heterocycles. The summed E-state index contributed by atoms with van der Waals surface area (Å²) in [6.07, 6.45) is 0. The van der Waals surface area contributed by atoms with Gasteiger partial charge in [-0.05, 0) is 66.2 Å². The number of nitrogens with one attached hydrogen (secondary N) is 1. The fraction of sp³-hybridized carbons (Fsp3) is 0.138. The number of hydrogen-bond donors (Lipinski definition) is 1. The van der Waals surface area contributed by atoms with Gasteiger partial charge in [0.15, 0.2) is 5.82 Å². The standard InChI is InChI=1S/C29H25FN4O3/c1-2-36-16-17-37-29-32-27(22-8-5-9-24(30)19-22)34(33-29)26-14-12-25(13-15-26)31-28(35)23-11-10-20-6-3-4-7-21(20)18-23/h3-15,18-19H,2,16-17H2,1H3,(H,31,35). The van der Waals surface area contributed by atoms with Crippen LogP contribution in [0.3, 0.4) is 0 Å². The lowest BCUT2D eigenvalue weighted by atomic mass is 10.1. The van der Waals surface area contributed by atoms with Gasteiger partial charge in [-0.15, -0.1) is 5.10 Å². The molecule has 7 nitrogen and oxygen atoms in total. The first-order valence-electron chi connectivity index (χ1n) is 11.9. The summed E-state index contributed by atoms with van der Waals surface area (Å²) in [6.45, 7) is 3.19. The van der Waals surface area contributed by atoms with Crippen LogP contribution < -0.4 is 10.1 Å². The summed E-state index contributed by atoms with van der Waals surface area (Å²) in [5.74, 6) is -0.152. The van der Waals surface area contributed by atoms with Crippen LogP contribution in [-0.2, 0) is 4.74 Å². The van der Waals surface area contributed by atoms with Crippen molar-refractivity contribution in [3.8, 4) is 23.1 Å². The molecule has 1 aromatic heterocycles. The van der Waals surface area contributed by atoms with E-state index >= 15 is 0 Å². The van der Waals surface area contributed by atoms with Gasteiger partial charge in [0.05, 0.1) is 12.3 Å². The number of aromatic nitrogens is 3. The number of fused-ring (bicyclic) bond motifs is 1. The van der Waals surface area contributed by atoms with Crippen LogP contribution in [0, 0.1) is 5.82 Å². The predicted molar refractivity (Wildman–Crippen MR) is 141 cm³/mol. The zero-order valence-electron chi connectivity index (χ0n) is 20.2. The minimum absolute atomic E-state index is 0.160. The number of carbonyl (C=O) groups excluding carboxylic acids is 1. The third-order valence-electron chi connectivity index (χ3n) is 5.71. The zero-order valence-corrected chi connectivity index (χ0v) is 20.2. The summed E-state index contributed by atoms with van der Waals surface area (Å²) in [6, 6.07) is 27.0. The molecule has 1 N–H and O–H groups in total. The fourth-order valence-electron chi connectivity index (χ4n) is 3.90. The smallest absolute Gasteiger partial charge is 0.336 e. The predicted octanol–water partition coefficient (Wildman–Crippen LogP) is 5.89. The molecule has 4 aromatic carbocycles. The molecule has 0 saturated carbocycles. The van der Waals surface area contributed by atoms with E-state index in [-0.39, 0.29) is 17.7 Å². The van der Waals surface area contributed by atoms with E-state index in [1.807, 2.05) is 43.3 Å². The Morgan fingerprint density at radius 1 is 0.919 bits per heavy atom. The minimum Gasteiger partial charge on any atom is -0.460 e. The lowest BCUT2D eigenvalue weighted by molar-refractivity contribution is 0.102. The second-order valence-corrected chi connectivity index (χ2v) is 8.25. The molecule has 0 unspecified atom stereocenters. The summed E-state index contributed by atoms with van der Waals surface area (Å²) in [5, 5.41) is 9.47. The Kier molecular flexibility index (Phi) is 7.19. The Bertz CT molecular complexity index is 1530. The molecule has 5 rings (SSSR count). The number of halogens is 1. The van der Waals surface area contributed by atoms with Crippen LogP contribution >= 0.6 is 0 Å². The van der Waals surface area contributed by atoms with Gasteiger partial charge >= 0.3 is 6.01 Å². The maximum Gasteiger partial charge on any atom is 0.336 e. The van der Waals surface area contributed by atoms with E-state index in [9.17, 15) is 9.18 Å². The molecule has 0 saturated heterocycles. The quantitative estimate of drug-likeness (QED) is 0.257. The summed E-state index contributed by atoms with van der Waals surface area (Å²) in [4.78, 5) is 17.3. The number of amides is 1. The van der Waals surface area contributed by atoms with Crippen LogP contribution in [0.2, 0.25) is 0 Å². The monoisotopic (exact) mass is 496 g/mol. The van der Waals surface area contributed by atoms with Crippen molar-refractivity contribution in [3.63, 3.8) is 0 Å². The molecule has 0 radical (unpaired) electrons. The van der Waals surface area contributed by atoms with E-state index in [0.717, 1.165) is 10.8 Å². The van der Waals surface area contributed by atoms with Crippen LogP contribution in [-0.4, -0.2) is 40.5 Å². The maximum atomic E-state index is 13.9. The first-order chi connectivity index (χ1) is 18.1. The van der Waals surface area contributed by atoms with Crippen molar-refractivity contribution in [2.24, 2.45) is 0 Å². The first-order valence-corrected chi connectivity index (χ1v) is 11.9. The summed E-state index contributed by atoms with van der Waals surface area (Å²) in [5.41, 5.74) is 2.43. The van der Waals surface area contributed by atoms with Gasteiger partial charge in [0, 0.05) is 23.4 Å². The van der Waals surface area contributed by atoms with Gasteiger partial charge in [0.25, 0.3) is 5.91 Å². The Labute approximate surface area is 213 Å². The Morgan fingerprint density at radius 2 is 1.73 bits per heavy atom. The van der Waals surface area contributed by atoms with Crippen molar-refractivity contribution in [2.75, 3.05) is 25.1 Å². The lowest BCUT2D eigenvalue weighted by Crippen LogP contribution is -2.12. The molecule has 0 atom stereocenters. The molecule has 37 heavy (non-hydrogen) atoms. The number of hydrogen-bond acceptors (Lipinski definition) is 5. The topological polar surface area (TPSA) is 78.3 Å². The van der Waals surface area contributed by atoms with E-state index in [1.165, 1.54) is 12.1 Å². The van der Waals surface area contributed by atoms with Crippen molar-refractivity contribution < 1.29 is 18.7 Å². The molecule has 0 fully saturated rings. The fourth-order valence-corrected chi connectivity index (χ4v) is 3.90. The van der Waals surface area contributed by atoms with Gasteiger partial charge in [-0.1, -0.05) is 42.5 Å². The van der Waals surface area contributed by atoms with Crippen molar-refractivity contribution in [1.82, 2.24) is 14.8 Å². The van der Waals surface area contributed by atoms with E-state index in [2.05, 4.69) is 15.4 Å². The van der Waals surface area contributed by atoms with Gasteiger partial charge in [0.2, 0.25) is 0 Å². The molecular formula is C29H25FN4O3. The lowest BCUT2D eigenvalue weighted by Gasteiger charge is -2.09. The minimum atomic E-state index is -0.377. The number of nitrogens with zero attached hydrogens (tertiary/aromatic N) is 3. The largest absolute Gasteiger partial charge is 0.460 e. The van der Waals surface area contributed by atoms with Crippen molar-refractivity contribution in [1.29, 1.82) is 0 Å². The summed E-state index contributed by atoms with van der Waals surface area (Å²) in [7, 11) is 0. The molecule has 0 spiro atoms. The van der Waals surface area contributed by atoms with E-state index in [1.54, 1.807) is 47.1 Å². The third-order valence-corrected chi connectivity index (χ3v) is 5.71. The van der Waals surface area contributed by atoms with Gasteiger partial charge in [0.1, 0.15) is 12.4 Å². The average Bonchev–Trinajstić information content (AvgIpc) is 3.35. The third kappa shape index (κ3) is 5.65. The highest BCUT2D eigenvalue weighted by Crippen LogP contribution is 2.25. The maximum absolute atomic E-state index is 13.9. The van der Waals surface area contributed by atoms with E-state index in [4.69, 9.17) is 9.47 Å². The van der Waals surface area contributed by atoms with E-state index < -0.39 is 0 Å². The van der Waals surface area contributed by atoms with Crippen LogP contribution in [0.4, 0.5) is 10.1 Å². The Balaban J connectivity index is 1.37. The van der Waals surface area contributed by atoms with Crippen molar-refractivity contribution >= 4 is 22.4 Å². The molecule has 0 bridgehead atoms. The highest BCUT2D eigenvalue weighted by atomic mass is 19.1. The highest BCUT2D eigenvalue weighted by Gasteiger charge is 2.16. The molecule has 5 aromatic rings. The van der Waals surface area contributed by atoms with Crippen molar-refractivity contribution in [3.05, 3.63) is 102 Å². The van der Waals surface area contributed by atoms with Gasteiger partial charge < -0.3 is 14.8 Å². The van der Waals surface area contributed by atoms with Crippen LogP contribution in [0.5, 0.6) is 6.01 Å². The SMILES string of the molecule is CCOCCOc1nc(-c2cccc(F)c2)n(-c2ccc(NC(=O)c3ccc4ccccc4c3)cc2)n1. The number of ether oxygens (including phenoxy) is 2. The number of benzene rings is 4. The van der Waals surface area contributed by atoms with E-state index in [0.29, 0.717) is 48.1 Å². The van der Waals surface area contributed by atoms with Crippen LogP contribution in [0.1, 0.15) is 17.3 Å². The number of carbonyl (C=O) groups is 1. The van der Waals surface area contributed by atoms with Gasteiger partial charge in [-0.25, -0.2) is 9.07 Å². The normalized spacial score (nSPS) is 11.0. The van der Waals surface area contributed by atoms with Gasteiger partial charge in [-0.2, -0.15) is 4.98 Å². The molecule has 8 heteroatoms. The molecule has 1 amide bonds. The molecule has 186 valence electrons. The molecular weight excluding hydrogens is 471 g/mol. The first kappa shape index (κ1) is 24.1. The molecule has 0 aliphatic rings. The zero-order chi connectivity index (χ0) is 25.6. The number of anilines is 1. The Hall–Kier alpha value is -4.56.